The number of hydrogen-bond donors (Lipinski definition) is 0. The van der Waals surface area contributed by atoms with Crippen LogP contribution in [0, 0.1) is 0 Å². The van der Waals surface area contributed by atoms with Crippen molar-refractivity contribution < 1.29 is 18.4 Å². The van der Waals surface area contributed by atoms with E-state index < -0.39 is 12.6 Å². The van der Waals surface area contributed by atoms with E-state index in [0.29, 0.717) is 0 Å². The van der Waals surface area contributed by atoms with Crippen LogP contribution in [0.15, 0.2) is 0 Å². The van der Waals surface area contributed by atoms with E-state index in [0.717, 1.165) is 0 Å². The van der Waals surface area contributed by atoms with Crippen LogP contribution in [-0.2, 0) is 13.6 Å². The zero-order valence-corrected chi connectivity index (χ0v) is 9.76. The van der Waals surface area contributed by atoms with Crippen LogP contribution in [0.1, 0.15) is 27.7 Å². The fourth-order valence-electron chi connectivity index (χ4n) is 0.663. The van der Waals surface area contributed by atoms with Gasteiger partial charge in [-0.2, -0.15) is 0 Å². The second-order valence-corrected chi connectivity index (χ2v) is 5.49. The molecule has 0 saturated carbocycles. The largest absolute Gasteiger partial charge is 0.413 e. The number of rotatable bonds is 5. The molecule has 0 bridgehead atoms. The Morgan fingerprint density at radius 3 is 1.62 bits per heavy atom. The summed E-state index contributed by atoms with van der Waals surface area (Å²) in [7, 11) is -3.78. The summed E-state index contributed by atoms with van der Waals surface area (Å²) in [5, 5.41) is 0. The van der Waals surface area contributed by atoms with E-state index in [4.69, 9.17) is 20.6 Å². The minimum Gasteiger partial charge on any atom is -0.300 e. The lowest BCUT2D eigenvalue weighted by molar-refractivity contribution is 0.146. The van der Waals surface area contributed by atoms with E-state index in [2.05, 4.69) is 0 Å². The average Bonchev–Trinajstić information content (AvgIpc) is 1.82. The molecule has 0 fully saturated rings. The van der Waals surface area contributed by atoms with Crippen LogP contribution in [0.4, 0.5) is 4.79 Å². The first-order valence-electron chi connectivity index (χ1n) is 3.95. The molecule has 6 heteroatoms. The van der Waals surface area contributed by atoms with Gasteiger partial charge in [-0.3, -0.25) is 13.8 Å². The van der Waals surface area contributed by atoms with E-state index in [9.17, 15) is 9.36 Å². The summed E-state index contributed by atoms with van der Waals surface area (Å²) < 4.78 is 21.3. The summed E-state index contributed by atoms with van der Waals surface area (Å²) in [6.07, 6.45) is -0.737. The van der Waals surface area contributed by atoms with Gasteiger partial charge in [0, 0.05) is 0 Å². The maximum absolute atomic E-state index is 11.6. The van der Waals surface area contributed by atoms with E-state index >= 15 is 0 Å². The molecular formula is C7H14ClO4P. The van der Waals surface area contributed by atoms with Crippen molar-refractivity contribution in [3.8, 4) is 0 Å². The van der Waals surface area contributed by atoms with Crippen LogP contribution in [0.5, 0.6) is 0 Å². The van der Waals surface area contributed by atoms with Gasteiger partial charge >= 0.3 is 12.6 Å². The van der Waals surface area contributed by atoms with Crippen LogP contribution in [0.2, 0.25) is 0 Å². The van der Waals surface area contributed by atoms with Crippen LogP contribution in [0.3, 0.4) is 0 Å². The Labute approximate surface area is 83.1 Å². The molecule has 0 heterocycles. The van der Waals surface area contributed by atoms with E-state index in [1.165, 1.54) is 0 Å². The van der Waals surface area contributed by atoms with Crippen molar-refractivity contribution >= 4 is 24.2 Å². The van der Waals surface area contributed by atoms with Crippen LogP contribution in [-0.4, -0.2) is 17.2 Å². The average molecular weight is 229 g/mol. The predicted molar refractivity (Wildman–Crippen MR) is 51.3 cm³/mol. The zero-order chi connectivity index (χ0) is 10.6. The molecule has 0 aromatic rings. The van der Waals surface area contributed by atoms with Gasteiger partial charge in [0.1, 0.15) is 0 Å². The second kappa shape index (κ2) is 5.11. The lowest BCUT2D eigenvalue weighted by Crippen LogP contribution is -2.10. The van der Waals surface area contributed by atoms with Gasteiger partial charge in [0.25, 0.3) is 0 Å². The highest BCUT2D eigenvalue weighted by molar-refractivity contribution is 7.76. The van der Waals surface area contributed by atoms with Crippen molar-refractivity contribution in [2.24, 2.45) is 0 Å². The SMILES string of the molecule is CC(C)OP(=O)(OC(C)C)C(=O)Cl. The van der Waals surface area contributed by atoms with E-state index in [-0.39, 0.29) is 12.2 Å². The van der Waals surface area contributed by atoms with Gasteiger partial charge in [-0.05, 0) is 39.3 Å². The minimum atomic E-state index is -3.78. The molecule has 0 atom stereocenters. The molecule has 0 aliphatic carbocycles. The standard InChI is InChI=1S/C7H14ClO4P/c1-5(2)11-13(10,7(8)9)12-6(3)4/h5-6H,1-4H3. The third kappa shape index (κ3) is 4.77. The smallest absolute Gasteiger partial charge is 0.300 e. The van der Waals surface area contributed by atoms with Gasteiger partial charge in [0.2, 0.25) is 0 Å². The Hall–Kier alpha value is 0.110. The normalized spacial score (nSPS) is 12.5. The Morgan fingerprint density at radius 1 is 1.15 bits per heavy atom. The summed E-state index contributed by atoms with van der Waals surface area (Å²) in [5.41, 5.74) is 0. The Balaban J connectivity index is 4.54. The third-order valence-corrected chi connectivity index (χ3v) is 3.36. The summed E-state index contributed by atoms with van der Waals surface area (Å²) in [4.78, 5) is 9.71. The molecule has 0 N–H and O–H groups in total. The number of hydrogen-bond acceptors (Lipinski definition) is 4. The first-order valence-corrected chi connectivity index (χ1v) is 5.87. The number of halogens is 1. The highest BCUT2D eigenvalue weighted by atomic mass is 35.5. The molecule has 0 radical (unpaired) electrons. The minimum absolute atomic E-state index is 0.368. The highest BCUT2D eigenvalue weighted by Crippen LogP contribution is 2.53. The van der Waals surface area contributed by atoms with Crippen molar-refractivity contribution in [2.45, 2.75) is 39.9 Å². The van der Waals surface area contributed by atoms with Crippen LogP contribution >= 0.6 is 19.2 Å². The fourth-order valence-corrected chi connectivity index (χ4v) is 2.23. The molecule has 0 aromatic heterocycles. The molecule has 13 heavy (non-hydrogen) atoms. The molecule has 0 unspecified atom stereocenters. The van der Waals surface area contributed by atoms with Gasteiger partial charge in [0.15, 0.2) is 0 Å². The predicted octanol–water partition coefficient (Wildman–Crippen LogP) is 3.39. The molecule has 0 saturated heterocycles. The van der Waals surface area contributed by atoms with Crippen molar-refractivity contribution in [3.05, 3.63) is 0 Å². The monoisotopic (exact) mass is 228 g/mol. The first kappa shape index (κ1) is 13.1. The molecule has 0 rings (SSSR count). The summed E-state index contributed by atoms with van der Waals surface area (Å²) >= 11 is 5.12. The highest BCUT2D eigenvalue weighted by Gasteiger charge is 2.35. The number of carbonyl (C=O) groups excluding carboxylic acids is 1. The van der Waals surface area contributed by atoms with Crippen molar-refractivity contribution in [2.75, 3.05) is 0 Å². The van der Waals surface area contributed by atoms with Crippen molar-refractivity contribution in [1.82, 2.24) is 0 Å². The lowest BCUT2D eigenvalue weighted by Gasteiger charge is -2.18. The zero-order valence-electron chi connectivity index (χ0n) is 8.11. The van der Waals surface area contributed by atoms with Crippen LogP contribution in [0.25, 0.3) is 0 Å². The maximum Gasteiger partial charge on any atom is 0.413 e. The van der Waals surface area contributed by atoms with Gasteiger partial charge in [-0.25, -0.2) is 4.57 Å². The van der Waals surface area contributed by atoms with Gasteiger partial charge in [-0.1, -0.05) is 0 Å². The Bertz CT molecular complexity index is 213. The molecule has 78 valence electrons. The van der Waals surface area contributed by atoms with Gasteiger partial charge < -0.3 is 0 Å². The quantitative estimate of drug-likeness (QED) is 0.535. The first-order chi connectivity index (χ1) is 5.78. The molecule has 0 spiro atoms. The molecular weight excluding hydrogens is 214 g/mol. The molecule has 0 amide bonds. The Morgan fingerprint density at radius 2 is 1.46 bits per heavy atom. The lowest BCUT2D eigenvalue weighted by atomic mass is 10.5. The fraction of sp³-hybridized carbons (Fsp3) is 0.857. The van der Waals surface area contributed by atoms with Crippen molar-refractivity contribution in [3.63, 3.8) is 0 Å². The Kier molecular flexibility index (Phi) is 5.15. The topological polar surface area (TPSA) is 52.6 Å². The van der Waals surface area contributed by atoms with Gasteiger partial charge in [0.05, 0.1) is 12.2 Å². The number of carbonyl (C=O) groups is 1. The molecule has 0 aliphatic heterocycles. The molecule has 0 aromatic carbocycles. The molecule has 0 aliphatic rings. The summed E-state index contributed by atoms with van der Waals surface area (Å²) in [6, 6.07) is 0. The van der Waals surface area contributed by atoms with Crippen LogP contribution < -0.4 is 0 Å². The van der Waals surface area contributed by atoms with Gasteiger partial charge in [-0.15, -0.1) is 0 Å². The second-order valence-electron chi connectivity index (χ2n) is 3.06. The van der Waals surface area contributed by atoms with E-state index in [1.807, 2.05) is 0 Å². The maximum atomic E-state index is 11.6. The van der Waals surface area contributed by atoms with Crippen molar-refractivity contribution in [1.29, 1.82) is 0 Å². The summed E-state index contributed by atoms with van der Waals surface area (Å²) in [5.74, 6) is 0. The summed E-state index contributed by atoms with van der Waals surface area (Å²) in [6.45, 7) is 6.60. The molecule has 4 nitrogen and oxygen atoms in total. The third-order valence-electron chi connectivity index (χ3n) is 0.914. The van der Waals surface area contributed by atoms with E-state index in [1.54, 1.807) is 27.7 Å².